The van der Waals surface area contributed by atoms with Crippen LogP contribution in [0.1, 0.15) is 47.0 Å². The SMILES string of the molecule is CC(=O)O[C@H]1[C@H]2O[C@]23CCC=CC[C@]3(C)[C@H]1C(C)C. The quantitative estimate of drug-likeness (QED) is 0.437. The molecule has 0 N–H and O–H groups in total. The van der Waals surface area contributed by atoms with E-state index in [1.807, 2.05) is 0 Å². The smallest absolute Gasteiger partial charge is 0.303 e. The zero-order valence-electron chi connectivity index (χ0n) is 12.3. The van der Waals surface area contributed by atoms with Crippen LogP contribution in [0.5, 0.6) is 0 Å². The summed E-state index contributed by atoms with van der Waals surface area (Å²) >= 11 is 0. The Labute approximate surface area is 115 Å². The van der Waals surface area contributed by atoms with Crippen LogP contribution in [0.2, 0.25) is 0 Å². The molecular formula is C16H24O3. The van der Waals surface area contributed by atoms with E-state index in [4.69, 9.17) is 9.47 Å². The summed E-state index contributed by atoms with van der Waals surface area (Å²) in [5.74, 6) is 0.698. The van der Waals surface area contributed by atoms with Gasteiger partial charge in [0.25, 0.3) is 0 Å². The highest BCUT2D eigenvalue weighted by Gasteiger charge is 2.79. The minimum atomic E-state index is -0.183. The van der Waals surface area contributed by atoms with Crippen LogP contribution >= 0.6 is 0 Å². The van der Waals surface area contributed by atoms with Crippen molar-refractivity contribution in [2.45, 2.75) is 64.8 Å². The Balaban J connectivity index is 1.98. The van der Waals surface area contributed by atoms with Crippen LogP contribution in [0.3, 0.4) is 0 Å². The largest absolute Gasteiger partial charge is 0.459 e. The zero-order chi connectivity index (χ0) is 13.8. The maximum atomic E-state index is 11.4. The summed E-state index contributed by atoms with van der Waals surface area (Å²) in [6, 6.07) is 0. The number of hydrogen-bond acceptors (Lipinski definition) is 3. The fraction of sp³-hybridized carbons (Fsp3) is 0.812. The molecule has 1 saturated heterocycles. The predicted molar refractivity (Wildman–Crippen MR) is 72.6 cm³/mol. The Bertz CT molecular complexity index is 428. The first-order valence-corrected chi connectivity index (χ1v) is 7.42. The summed E-state index contributed by atoms with van der Waals surface area (Å²) in [5.41, 5.74) is 0.0461. The van der Waals surface area contributed by atoms with Gasteiger partial charge in [0, 0.05) is 18.3 Å². The lowest BCUT2D eigenvalue weighted by Gasteiger charge is -2.41. The molecule has 2 aliphatic carbocycles. The second-order valence-corrected chi connectivity index (χ2v) is 6.90. The molecule has 0 aromatic carbocycles. The molecule has 1 heterocycles. The number of epoxide rings is 1. The maximum absolute atomic E-state index is 11.4. The van der Waals surface area contributed by atoms with Crippen LogP contribution in [0.15, 0.2) is 12.2 Å². The molecule has 0 aromatic rings. The molecule has 1 saturated carbocycles. The standard InChI is InChI=1S/C16H24O3/c1-10(2)12-13(18-11(3)17)14-16(19-14)9-7-5-6-8-15(12,16)4/h5-6,10,12-14H,7-9H2,1-4H3/t12-,13+,14+,15+,16+/m0/s1. The topological polar surface area (TPSA) is 38.8 Å². The molecule has 3 rings (SSSR count). The van der Waals surface area contributed by atoms with Crippen molar-refractivity contribution >= 4 is 5.97 Å². The number of rotatable bonds is 2. The number of carbonyl (C=O) groups is 1. The van der Waals surface area contributed by atoms with E-state index in [9.17, 15) is 4.79 Å². The first-order chi connectivity index (χ1) is 8.92. The zero-order valence-corrected chi connectivity index (χ0v) is 12.3. The van der Waals surface area contributed by atoms with Crippen molar-refractivity contribution in [3.63, 3.8) is 0 Å². The lowest BCUT2D eigenvalue weighted by molar-refractivity contribution is -0.155. The minimum absolute atomic E-state index is 0.0500. The molecule has 0 aromatic heterocycles. The van der Waals surface area contributed by atoms with E-state index in [1.165, 1.54) is 6.92 Å². The van der Waals surface area contributed by atoms with Gasteiger partial charge in [-0.15, -0.1) is 0 Å². The predicted octanol–water partition coefficient (Wildman–Crippen LogP) is 3.09. The average Bonchev–Trinajstić information content (AvgIpc) is 3.01. The van der Waals surface area contributed by atoms with Gasteiger partial charge in [-0.25, -0.2) is 0 Å². The minimum Gasteiger partial charge on any atom is -0.459 e. The molecular weight excluding hydrogens is 240 g/mol. The van der Waals surface area contributed by atoms with Gasteiger partial charge in [0.1, 0.15) is 17.8 Å². The summed E-state index contributed by atoms with van der Waals surface area (Å²) in [5, 5.41) is 0. The molecule has 3 nitrogen and oxygen atoms in total. The highest BCUT2D eigenvalue weighted by Crippen LogP contribution is 2.69. The first kappa shape index (κ1) is 13.2. The second kappa shape index (κ2) is 4.08. The number of ether oxygens (including phenoxy) is 2. The molecule has 3 heteroatoms. The average molecular weight is 264 g/mol. The van der Waals surface area contributed by atoms with Crippen LogP contribution in [-0.2, 0) is 14.3 Å². The molecule has 1 spiro atoms. The van der Waals surface area contributed by atoms with Crippen molar-refractivity contribution in [2.75, 3.05) is 0 Å². The molecule has 0 radical (unpaired) electrons. The number of hydrogen-bond donors (Lipinski definition) is 0. The van der Waals surface area contributed by atoms with Gasteiger partial charge in [0.15, 0.2) is 0 Å². The molecule has 1 aliphatic heterocycles. The van der Waals surface area contributed by atoms with E-state index in [0.29, 0.717) is 11.8 Å². The molecule has 106 valence electrons. The van der Waals surface area contributed by atoms with E-state index < -0.39 is 0 Å². The fourth-order valence-corrected chi connectivity index (χ4v) is 4.80. The summed E-state index contributed by atoms with van der Waals surface area (Å²) < 4.78 is 11.7. The summed E-state index contributed by atoms with van der Waals surface area (Å²) in [7, 11) is 0. The molecule has 19 heavy (non-hydrogen) atoms. The van der Waals surface area contributed by atoms with Gasteiger partial charge in [-0.2, -0.15) is 0 Å². The van der Waals surface area contributed by atoms with E-state index in [2.05, 4.69) is 32.9 Å². The maximum Gasteiger partial charge on any atom is 0.303 e. The Morgan fingerprint density at radius 3 is 2.79 bits per heavy atom. The Hall–Kier alpha value is -0.830. The van der Waals surface area contributed by atoms with Crippen LogP contribution in [0.25, 0.3) is 0 Å². The molecule has 2 fully saturated rings. The molecule has 0 unspecified atom stereocenters. The van der Waals surface area contributed by atoms with Gasteiger partial charge < -0.3 is 9.47 Å². The first-order valence-electron chi connectivity index (χ1n) is 7.42. The molecule has 0 amide bonds. The van der Waals surface area contributed by atoms with Crippen molar-refractivity contribution in [3.8, 4) is 0 Å². The fourth-order valence-electron chi connectivity index (χ4n) is 4.80. The van der Waals surface area contributed by atoms with Crippen LogP contribution < -0.4 is 0 Å². The Morgan fingerprint density at radius 1 is 1.42 bits per heavy atom. The lowest BCUT2D eigenvalue weighted by atomic mass is 9.65. The van der Waals surface area contributed by atoms with Crippen molar-refractivity contribution in [1.82, 2.24) is 0 Å². The van der Waals surface area contributed by atoms with E-state index >= 15 is 0 Å². The lowest BCUT2D eigenvalue weighted by Crippen LogP contribution is -2.43. The molecule has 5 atom stereocenters. The molecule has 0 bridgehead atoms. The van der Waals surface area contributed by atoms with Gasteiger partial charge in [-0.3, -0.25) is 4.79 Å². The summed E-state index contributed by atoms with van der Waals surface area (Å²) in [6.07, 6.45) is 7.79. The van der Waals surface area contributed by atoms with E-state index in [0.717, 1.165) is 19.3 Å². The van der Waals surface area contributed by atoms with Crippen LogP contribution in [0, 0.1) is 17.3 Å². The summed E-state index contributed by atoms with van der Waals surface area (Å²) in [6.45, 7) is 8.30. The highest BCUT2D eigenvalue weighted by molar-refractivity contribution is 5.66. The number of carbonyl (C=O) groups excluding carboxylic acids is 1. The van der Waals surface area contributed by atoms with Gasteiger partial charge in [-0.05, 0) is 25.2 Å². The normalized spacial score (nSPS) is 47.5. The van der Waals surface area contributed by atoms with E-state index in [-0.39, 0.29) is 29.2 Å². The van der Waals surface area contributed by atoms with Crippen LogP contribution in [-0.4, -0.2) is 23.8 Å². The van der Waals surface area contributed by atoms with Gasteiger partial charge in [-0.1, -0.05) is 32.9 Å². The molecule has 3 aliphatic rings. The highest BCUT2D eigenvalue weighted by atomic mass is 16.7. The number of esters is 1. The van der Waals surface area contributed by atoms with Crippen LogP contribution in [0.4, 0.5) is 0 Å². The Kier molecular flexibility index (Phi) is 2.83. The third-order valence-electron chi connectivity index (χ3n) is 5.51. The van der Waals surface area contributed by atoms with Crippen molar-refractivity contribution in [2.24, 2.45) is 17.3 Å². The third kappa shape index (κ3) is 1.63. The van der Waals surface area contributed by atoms with Crippen molar-refractivity contribution in [1.29, 1.82) is 0 Å². The van der Waals surface area contributed by atoms with Gasteiger partial charge in [0.2, 0.25) is 0 Å². The van der Waals surface area contributed by atoms with Gasteiger partial charge in [0.05, 0.1) is 0 Å². The number of allylic oxidation sites excluding steroid dienone is 2. The second-order valence-electron chi connectivity index (χ2n) is 6.90. The van der Waals surface area contributed by atoms with Gasteiger partial charge >= 0.3 is 5.97 Å². The monoisotopic (exact) mass is 264 g/mol. The summed E-state index contributed by atoms with van der Waals surface area (Å²) in [4.78, 5) is 11.4. The Morgan fingerprint density at radius 2 is 2.16 bits per heavy atom. The van der Waals surface area contributed by atoms with Crippen molar-refractivity contribution in [3.05, 3.63) is 12.2 Å². The van der Waals surface area contributed by atoms with E-state index in [1.54, 1.807) is 0 Å². The van der Waals surface area contributed by atoms with Crippen molar-refractivity contribution < 1.29 is 14.3 Å². The third-order valence-corrected chi connectivity index (χ3v) is 5.51.